The fraction of sp³-hybridized carbons (Fsp3) is 0.800. The molecule has 72 valence electrons. The predicted molar refractivity (Wildman–Crippen MR) is 49.5 cm³/mol. The van der Waals surface area contributed by atoms with Crippen LogP contribution >= 0.6 is 0 Å². The largest absolute Gasteiger partial charge is 0.339 e. The molecule has 1 heterocycles. The quantitative estimate of drug-likeness (QED) is 0.717. The van der Waals surface area contributed by atoms with E-state index in [9.17, 15) is 0 Å². The van der Waals surface area contributed by atoms with E-state index in [-0.39, 0.29) is 0 Å². The molecule has 0 aliphatic heterocycles. The average molecular weight is 180 g/mol. The highest BCUT2D eigenvalue weighted by molar-refractivity contribution is 5.04. The Kier molecular flexibility index (Phi) is 2.10. The fourth-order valence-electron chi connectivity index (χ4n) is 1.23. The molecule has 1 aromatic rings. The van der Waals surface area contributed by atoms with Crippen molar-refractivity contribution in [1.82, 2.24) is 10.1 Å². The zero-order valence-electron chi connectivity index (χ0n) is 8.45. The minimum absolute atomic E-state index is 0.399. The van der Waals surface area contributed by atoms with Crippen LogP contribution in [0.25, 0.3) is 0 Å². The van der Waals surface area contributed by atoms with Crippen LogP contribution in [0.4, 0.5) is 0 Å². The van der Waals surface area contributed by atoms with Crippen molar-refractivity contribution in [3.63, 3.8) is 0 Å². The minimum Gasteiger partial charge on any atom is -0.339 e. The van der Waals surface area contributed by atoms with E-state index in [0.717, 1.165) is 11.7 Å². The first-order chi connectivity index (χ1) is 6.18. The standard InChI is InChI=1S/C10H16N2O/c1-6(2)7(3)9-11-10(13-12-9)8-4-5-8/h6-8H,4-5H2,1-3H3. The van der Waals surface area contributed by atoms with Gasteiger partial charge in [-0.3, -0.25) is 0 Å². The second-order valence-corrected chi connectivity index (χ2v) is 4.30. The van der Waals surface area contributed by atoms with Gasteiger partial charge in [0, 0.05) is 11.8 Å². The number of aromatic nitrogens is 2. The summed E-state index contributed by atoms with van der Waals surface area (Å²) in [5, 5.41) is 4.01. The van der Waals surface area contributed by atoms with Crippen molar-refractivity contribution < 1.29 is 4.52 Å². The highest BCUT2D eigenvalue weighted by atomic mass is 16.5. The normalized spacial score (nSPS) is 19.4. The van der Waals surface area contributed by atoms with Crippen molar-refractivity contribution in [1.29, 1.82) is 0 Å². The summed E-state index contributed by atoms with van der Waals surface area (Å²) < 4.78 is 5.20. The first-order valence-electron chi connectivity index (χ1n) is 5.02. The molecule has 3 nitrogen and oxygen atoms in total. The highest BCUT2D eigenvalue weighted by Crippen LogP contribution is 2.39. The molecule has 1 aromatic heterocycles. The molecule has 3 heteroatoms. The van der Waals surface area contributed by atoms with Crippen molar-refractivity contribution in [2.24, 2.45) is 5.92 Å². The summed E-state index contributed by atoms with van der Waals surface area (Å²) in [6, 6.07) is 0. The second kappa shape index (κ2) is 3.13. The Bertz CT molecular complexity index is 289. The van der Waals surface area contributed by atoms with Gasteiger partial charge in [-0.25, -0.2) is 0 Å². The van der Waals surface area contributed by atoms with Crippen molar-refractivity contribution >= 4 is 0 Å². The molecule has 0 N–H and O–H groups in total. The summed E-state index contributed by atoms with van der Waals surface area (Å²) in [6.07, 6.45) is 2.44. The molecule has 2 rings (SSSR count). The lowest BCUT2D eigenvalue weighted by Crippen LogP contribution is -2.03. The van der Waals surface area contributed by atoms with Crippen LogP contribution in [0.3, 0.4) is 0 Å². The zero-order chi connectivity index (χ0) is 9.42. The van der Waals surface area contributed by atoms with Crippen LogP contribution in [-0.2, 0) is 0 Å². The predicted octanol–water partition coefficient (Wildman–Crippen LogP) is 2.71. The van der Waals surface area contributed by atoms with E-state index < -0.39 is 0 Å². The molecule has 1 atom stereocenters. The summed E-state index contributed by atoms with van der Waals surface area (Å²) in [4.78, 5) is 4.42. The van der Waals surface area contributed by atoms with Gasteiger partial charge in [0.2, 0.25) is 5.89 Å². The molecule has 1 aliphatic carbocycles. The van der Waals surface area contributed by atoms with Gasteiger partial charge in [-0.2, -0.15) is 4.98 Å². The van der Waals surface area contributed by atoms with Crippen LogP contribution in [0.5, 0.6) is 0 Å². The smallest absolute Gasteiger partial charge is 0.229 e. The molecule has 13 heavy (non-hydrogen) atoms. The average Bonchev–Trinajstić information content (AvgIpc) is 2.83. The highest BCUT2D eigenvalue weighted by Gasteiger charge is 2.30. The van der Waals surface area contributed by atoms with Gasteiger partial charge < -0.3 is 4.52 Å². The van der Waals surface area contributed by atoms with Gasteiger partial charge in [-0.05, 0) is 18.8 Å². The number of rotatable bonds is 3. The maximum absolute atomic E-state index is 5.20. The van der Waals surface area contributed by atoms with E-state index in [4.69, 9.17) is 4.52 Å². The summed E-state index contributed by atoms with van der Waals surface area (Å²) in [7, 11) is 0. The molecule has 0 spiro atoms. The molecule has 0 bridgehead atoms. The Morgan fingerprint density at radius 2 is 2.00 bits per heavy atom. The first kappa shape index (κ1) is 8.73. The molecular formula is C10H16N2O. The Labute approximate surface area is 78.5 Å². The monoisotopic (exact) mass is 180 g/mol. The molecule has 0 aromatic carbocycles. The fourth-order valence-corrected chi connectivity index (χ4v) is 1.23. The van der Waals surface area contributed by atoms with Gasteiger partial charge in [0.15, 0.2) is 5.82 Å². The third kappa shape index (κ3) is 1.74. The summed E-state index contributed by atoms with van der Waals surface area (Å²) in [6.45, 7) is 6.50. The van der Waals surface area contributed by atoms with Crippen molar-refractivity contribution in [3.8, 4) is 0 Å². The van der Waals surface area contributed by atoms with Gasteiger partial charge in [0.05, 0.1) is 0 Å². The van der Waals surface area contributed by atoms with Crippen molar-refractivity contribution in [2.45, 2.75) is 45.4 Å². The molecule has 1 fully saturated rings. The van der Waals surface area contributed by atoms with Crippen LogP contribution in [0.1, 0.15) is 57.2 Å². The third-order valence-corrected chi connectivity index (χ3v) is 2.79. The van der Waals surface area contributed by atoms with Crippen molar-refractivity contribution in [2.75, 3.05) is 0 Å². The Balaban J connectivity index is 2.11. The van der Waals surface area contributed by atoms with E-state index in [2.05, 4.69) is 30.9 Å². The molecule has 1 saturated carbocycles. The molecule has 0 amide bonds. The summed E-state index contributed by atoms with van der Waals surface area (Å²) in [5.41, 5.74) is 0. The van der Waals surface area contributed by atoms with Gasteiger partial charge in [0.25, 0.3) is 0 Å². The second-order valence-electron chi connectivity index (χ2n) is 4.30. The minimum atomic E-state index is 0.399. The van der Waals surface area contributed by atoms with Crippen LogP contribution in [-0.4, -0.2) is 10.1 Å². The molecule has 0 radical (unpaired) electrons. The Morgan fingerprint density at radius 3 is 2.54 bits per heavy atom. The molecule has 0 saturated heterocycles. The van der Waals surface area contributed by atoms with Gasteiger partial charge >= 0.3 is 0 Å². The number of hydrogen-bond donors (Lipinski definition) is 0. The zero-order valence-corrected chi connectivity index (χ0v) is 8.45. The van der Waals surface area contributed by atoms with Gasteiger partial charge in [0.1, 0.15) is 0 Å². The lowest BCUT2D eigenvalue weighted by molar-refractivity contribution is 0.365. The van der Waals surface area contributed by atoms with E-state index in [1.54, 1.807) is 0 Å². The maximum Gasteiger partial charge on any atom is 0.229 e. The summed E-state index contributed by atoms with van der Waals surface area (Å²) >= 11 is 0. The van der Waals surface area contributed by atoms with E-state index in [1.165, 1.54) is 12.8 Å². The van der Waals surface area contributed by atoms with Crippen LogP contribution < -0.4 is 0 Å². The van der Waals surface area contributed by atoms with E-state index >= 15 is 0 Å². The number of nitrogens with zero attached hydrogens (tertiary/aromatic N) is 2. The Hall–Kier alpha value is -0.860. The SMILES string of the molecule is CC(C)C(C)c1noc(C2CC2)n1. The van der Waals surface area contributed by atoms with Crippen molar-refractivity contribution in [3.05, 3.63) is 11.7 Å². The lowest BCUT2D eigenvalue weighted by atomic mass is 9.98. The number of hydrogen-bond acceptors (Lipinski definition) is 3. The van der Waals surface area contributed by atoms with Gasteiger partial charge in [-0.15, -0.1) is 0 Å². The van der Waals surface area contributed by atoms with Gasteiger partial charge in [-0.1, -0.05) is 25.9 Å². The third-order valence-electron chi connectivity index (χ3n) is 2.79. The van der Waals surface area contributed by atoms with E-state index in [0.29, 0.717) is 17.8 Å². The molecule has 1 aliphatic rings. The summed E-state index contributed by atoms with van der Waals surface area (Å²) in [5.74, 6) is 3.26. The Morgan fingerprint density at radius 1 is 1.31 bits per heavy atom. The first-order valence-corrected chi connectivity index (χ1v) is 5.02. The lowest BCUT2D eigenvalue weighted by Gasteiger charge is -2.09. The molecule has 1 unspecified atom stereocenters. The van der Waals surface area contributed by atoms with Crippen LogP contribution in [0.2, 0.25) is 0 Å². The van der Waals surface area contributed by atoms with Crippen LogP contribution in [0.15, 0.2) is 4.52 Å². The van der Waals surface area contributed by atoms with E-state index in [1.807, 2.05) is 0 Å². The maximum atomic E-state index is 5.20. The topological polar surface area (TPSA) is 38.9 Å². The molecular weight excluding hydrogens is 164 g/mol. The van der Waals surface area contributed by atoms with Crippen LogP contribution in [0, 0.1) is 5.92 Å².